The van der Waals surface area contributed by atoms with Gasteiger partial charge in [0.2, 0.25) is 0 Å². The molecule has 0 aliphatic rings. The predicted octanol–water partition coefficient (Wildman–Crippen LogP) is 3.34. The van der Waals surface area contributed by atoms with Crippen LogP contribution in [-0.2, 0) is 6.42 Å². The number of carbonyl (C=O) groups excluding carboxylic acids is 1. The Morgan fingerprint density at radius 3 is 2.58 bits per heavy atom. The van der Waals surface area contributed by atoms with Crippen molar-refractivity contribution in [2.75, 3.05) is 19.6 Å². The topological polar surface area (TPSA) is 33.2 Å². The molecular weight excluding hydrogens is 236 g/mol. The summed E-state index contributed by atoms with van der Waals surface area (Å²) in [5.41, 5.74) is 1.76. The van der Waals surface area contributed by atoms with Gasteiger partial charge in [-0.3, -0.25) is 9.78 Å². The zero-order valence-electron chi connectivity index (χ0n) is 12.3. The largest absolute Gasteiger partial charge is 0.304 e. The molecule has 0 saturated heterocycles. The Bertz CT molecular complexity index is 362. The quantitative estimate of drug-likeness (QED) is 0.479. The standard InChI is InChI=1S/C16H26N2O/c1-3-18(4-2)12-8-6-5-7-9-16-13-15(14-19)10-11-17-16/h10-11,13-14H,3-9,12H2,1-2H3. The summed E-state index contributed by atoms with van der Waals surface area (Å²) in [5.74, 6) is 0. The molecule has 0 aliphatic carbocycles. The molecule has 19 heavy (non-hydrogen) atoms. The normalized spacial score (nSPS) is 10.9. The van der Waals surface area contributed by atoms with Crippen LogP contribution in [0.25, 0.3) is 0 Å². The smallest absolute Gasteiger partial charge is 0.150 e. The molecule has 0 aliphatic heterocycles. The number of rotatable bonds is 10. The van der Waals surface area contributed by atoms with Gasteiger partial charge < -0.3 is 4.90 Å². The van der Waals surface area contributed by atoms with Crippen LogP contribution in [0.4, 0.5) is 0 Å². The molecule has 3 nitrogen and oxygen atoms in total. The molecule has 0 N–H and O–H groups in total. The lowest BCUT2D eigenvalue weighted by molar-refractivity contribution is 0.112. The van der Waals surface area contributed by atoms with Crippen molar-refractivity contribution in [2.45, 2.75) is 46.0 Å². The number of hydrogen-bond donors (Lipinski definition) is 0. The minimum Gasteiger partial charge on any atom is -0.304 e. The Balaban J connectivity index is 2.12. The van der Waals surface area contributed by atoms with Gasteiger partial charge in [0, 0.05) is 17.5 Å². The van der Waals surface area contributed by atoms with E-state index >= 15 is 0 Å². The van der Waals surface area contributed by atoms with Gasteiger partial charge in [-0.2, -0.15) is 0 Å². The molecule has 1 aromatic rings. The highest BCUT2D eigenvalue weighted by atomic mass is 16.1. The first-order valence-corrected chi connectivity index (χ1v) is 7.42. The van der Waals surface area contributed by atoms with E-state index in [2.05, 4.69) is 23.7 Å². The number of carbonyl (C=O) groups is 1. The van der Waals surface area contributed by atoms with Gasteiger partial charge in [-0.25, -0.2) is 0 Å². The number of aromatic nitrogens is 1. The van der Waals surface area contributed by atoms with Crippen molar-refractivity contribution >= 4 is 6.29 Å². The van der Waals surface area contributed by atoms with Crippen LogP contribution in [0.2, 0.25) is 0 Å². The van der Waals surface area contributed by atoms with Crippen molar-refractivity contribution < 1.29 is 4.79 Å². The van der Waals surface area contributed by atoms with E-state index in [9.17, 15) is 4.79 Å². The Morgan fingerprint density at radius 1 is 1.16 bits per heavy atom. The highest BCUT2D eigenvalue weighted by molar-refractivity contribution is 5.74. The first kappa shape index (κ1) is 15.8. The number of unbranched alkanes of at least 4 members (excludes halogenated alkanes) is 3. The van der Waals surface area contributed by atoms with Crippen molar-refractivity contribution in [3.05, 3.63) is 29.6 Å². The molecule has 0 aromatic carbocycles. The fourth-order valence-electron chi connectivity index (χ4n) is 2.24. The van der Waals surface area contributed by atoms with Gasteiger partial charge >= 0.3 is 0 Å². The Labute approximate surface area is 117 Å². The fourth-order valence-corrected chi connectivity index (χ4v) is 2.24. The number of aldehydes is 1. The van der Waals surface area contributed by atoms with Crippen LogP contribution in [0.3, 0.4) is 0 Å². The molecule has 0 radical (unpaired) electrons. The molecule has 0 spiro atoms. The summed E-state index contributed by atoms with van der Waals surface area (Å²) >= 11 is 0. The maximum absolute atomic E-state index is 10.7. The van der Waals surface area contributed by atoms with Gasteiger partial charge in [-0.15, -0.1) is 0 Å². The fraction of sp³-hybridized carbons (Fsp3) is 0.625. The zero-order chi connectivity index (χ0) is 13.9. The third kappa shape index (κ3) is 6.48. The van der Waals surface area contributed by atoms with E-state index in [1.807, 2.05) is 6.07 Å². The van der Waals surface area contributed by atoms with E-state index < -0.39 is 0 Å². The third-order valence-electron chi connectivity index (χ3n) is 3.53. The van der Waals surface area contributed by atoms with Gasteiger partial charge in [-0.1, -0.05) is 26.7 Å². The molecule has 0 amide bonds. The molecule has 0 bridgehead atoms. The number of aryl methyl sites for hydroxylation is 1. The second kappa shape index (κ2) is 9.68. The maximum Gasteiger partial charge on any atom is 0.150 e. The van der Waals surface area contributed by atoms with Crippen LogP contribution in [-0.4, -0.2) is 35.8 Å². The summed E-state index contributed by atoms with van der Waals surface area (Å²) in [6.07, 6.45) is 8.55. The molecule has 1 rings (SSSR count). The van der Waals surface area contributed by atoms with Crippen LogP contribution in [0.5, 0.6) is 0 Å². The molecule has 0 saturated carbocycles. The maximum atomic E-state index is 10.7. The number of pyridine rings is 1. The number of hydrogen-bond acceptors (Lipinski definition) is 3. The summed E-state index contributed by atoms with van der Waals surface area (Å²) in [6.45, 7) is 7.95. The second-order valence-corrected chi connectivity index (χ2v) is 4.89. The van der Waals surface area contributed by atoms with E-state index in [1.165, 1.54) is 25.8 Å². The summed E-state index contributed by atoms with van der Waals surface area (Å²) in [6, 6.07) is 3.64. The average Bonchev–Trinajstić information content (AvgIpc) is 2.47. The minimum absolute atomic E-state index is 0.728. The average molecular weight is 262 g/mol. The summed E-state index contributed by atoms with van der Waals surface area (Å²) < 4.78 is 0. The van der Waals surface area contributed by atoms with Crippen molar-refractivity contribution in [1.82, 2.24) is 9.88 Å². The summed E-state index contributed by atoms with van der Waals surface area (Å²) in [7, 11) is 0. The van der Waals surface area contributed by atoms with Crippen LogP contribution in [0.15, 0.2) is 18.3 Å². The summed E-state index contributed by atoms with van der Waals surface area (Å²) in [4.78, 5) is 17.4. The monoisotopic (exact) mass is 262 g/mol. The van der Waals surface area contributed by atoms with Crippen molar-refractivity contribution in [2.24, 2.45) is 0 Å². The molecule has 1 heterocycles. The highest BCUT2D eigenvalue weighted by Gasteiger charge is 2.00. The Hall–Kier alpha value is -1.22. The van der Waals surface area contributed by atoms with Gasteiger partial charge in [-0.05, 0) is 51.0 Å². The second-order valence-electron chi connectivity index (χ2n) is 4.89. The van der Waals surface area contributed by atoms with E-state index in [0.717, 1.165) is 43.5 Å². The Kier molecular flexibility index (Phi) is 8.07. The van der Waals surface area contributed by atoms with Crippen LogP contribution < -0.4 is 0 Å². The van der Waals surface area contributed by atoms with E-state index in [0.29, 0.717) is 0 Å². The van der Waals surface area contributed by atoms with Crippen LogP contribution in [0.1, 0.15) is 55.6 Å². The Morgan fingerprint density at radius 2 is 1.89 bits per heavy atom. The first-order valence-electron chi connectivity index (χ1n) is 7.42. The molecule has 3 heteroatoms. The SMILES string of the molecule is CCN(CC)CCCCCCc1cc(C=O)ccn1. The van der Waals surface area contributed by atoms with E-state index in [4.69, 9.17) is 0 Å². The molecule has 0 atom stereocenters. The predicted molar refractivity (Wildman–Crippen MR) is 79.6 cm³/mol. The van der Waals surface area contributed by atoms with E-state index in [1.54, 1.807) is 12.3 Å². The summed E-state index contributed by atoms with van der Waals surface area (Å²) in [5, 5.41) is 0. The van der Waals surface area contributed by atoms with E-state index in [-0.39, 0.29) is 0 Å². The molecule has 0 fully saturated rings. The first-order chi connectivity index (χ1) is 9.30. The molecular formula is C16H26N2O. The lowest BCUT2D eigenvalue weighted by Crippen LogP contribution is -2.23. The molecule has 0 unspecified atom stereocenters. The zero-order valence-corrected chi connectivity index (χ0v) is 12.3. The van der Waals surface area contributed by atoms with Crippen molar-refractivity contribution in [3.63, 3.8) is 0 Å². The van der Waals surface area contributed by atoms with Crippen molar-refractivity contribution in [1.29, 1.82) is 0 Å². The minimum atomic E-state index is 0.728. The molecule has 1 aromatic heterocycles. The van der Waals surface area contributed by atoms with Gasteiger partial charge in [0.25, 0.3) is 0 Å². The third-order valence-corrected chi connectivity index (χ3v) is 3.53. The van der Waals surface area contributed by atoms with Gasteiger partial charge in [0.05, 0.1) is 0 Å². The van der Waals surface area contributed by atoms with Crippen LogP contribution in [0, 0.1) is 0 Å². The number of nitrogens with zero attached hydrogens (tertiary/aromatic N) is 2. The lowest BCUT2D eigenvalue weighted by Gasteiger charge is -2.17. The highest BCUT2D eigenvalue weighted by Crippen LogP contribution is 2.07. The van der Waals surface area contributed by atoms with Gasteiger partial charge in [0.1, 0.15) is 6.29 Å². The van der Waals surface area contributed by atoms with Crippen molar-refractivity contribution in [3.8, 4) is 0 Å². The van der Waals surface area contributed by atoms with Gasteiger partial charge in [0.15, 0.2) is 0 Å². The lowest BCUT2D eigenvalue weighted by atomic mass is 10.1. The molecule has 106 valence electrons. The van der Waals surface area contributed by atoms with Crippen LogP contribution >= 0.6 is 0 Å².